The average molecular weight is 256 g/mol. The molecule has 1 aromatic rings. The maximum absolute atomic E-state index is 13.6. The Hall–Kier alpha value is -1.53. The third-order valence-electron chi connectivity index (χ3n) is 3.12. The number of rotatable bonds is 4. The molecule has 6 heteroatoms. The fraction of sp³-hybridized carbons (Fsp3) is 0.417. The Bertz CT molecular complexity index is 454. The molecule has 0 spiro atoms. The molecule has 2 unspecified atom stereocenters. The normalized spacial score (nSPS) is 23.2. The van der Waals surface area contributed by atoms with E-state index in [2.05, 4.69) is 10.9 Å². The molecule has 1 heterocycles. The summed E-state index contributed by atoms with van der Waals surface area (Å²) in [5.41, 5.74) is 5.96. The van der Waals surface area contributed by atoms with E-state index in [1.165, 1.54) is 0 Å². The third-order valence-corrected chi connectivity index (χ3v) is 3.12. The number of carboxylic acid groups (broad SMARTS) is 1. The highest BCUT2D eigenvalue weighted by atomic mass is 19.1. The molecule has 4 nitrogen and oxygen atoms in total. The smallest absolute Gasteiger partial charge is 0.303 e. The van der Waals surface area contributed by atoms with Gasteiger partial charge < -0.3 is 5.11 Å². The minimum atomic E-state index is -0.889. The molecule has 0 amide bonds. The maximum atomic E-state index is 13.6. The van der Waals surface area contributed by atoms with Crippen LogP contribution in [0, 0.1) is 17.6 Å². The quantitative estimate of drug-likeness (QED) is 0.765. The molecule has 0 aliphatic carbocycles. The van der Waals surface area contributed by atoms with Gasteiger partial charge in [-0.05, 0) is 30.5 Å². The molecule has 0 radical (unpaired) electrons. The van der Waals surface area contributed by atoms with E-state index in [1.807, 2.05) is 0 Å². The molecule has 1 aliphatic rings. The highest BCUT2D eigenvalue weighted by Gasteiger charge is 2.30. The number of hydrazine groups is 1. The van der Waals surface area contributed by atoms with Crippen LogP contribution >= 0.6 is 0 Å². The molecule has 1 aromatic carbocycles. The minimum absolute atomic E-state index is 0.0153. The van der Waals surface area contributed by atoms with E-state index in [-0.39, 0.29) is 17.9 Å². The van der Waals surface area contributed by atoms with Crippen molar-refractivity contribution < 1.29 is 18.7 Å². The second-order valence-electron chi connectivity index (χ2n) is 4.36. The number of carboxylic acids is 1. The number of hydrogen-bond donors (Lipinski definition) is 3. The molecule has 0 aromatic heterocycles. The number of carbonyl (C=O) groups is 1. The Morgan fingerprint density at radius 1 is 1.44 bits per heavy atom. The van der Waals surface area contributed by atoms with Crippen LogP contribution in [0.2, 0.25) is 0 Å². The standard InChI is InChI=1S/C12H14F2N2O2/c13-8-2-3-10(14)9(5-8)12-7(6-15-16-12)1-4-11(17)18/h2-3,5,7,12,15-16H,1,4,6H2,(H,17,18). The molecule has 3 N–H and O–H groups in total. The Kier molecular flexibility index (Phi) is 3.88. The molecule has 1 aliphatic heterocycles. The van der Waals surface area contributed by atoms with Gasteiger partial charge in [0.05, 0.1) is 6.04 Å². The van der Waals surface area contributed by atoms with E-state index >= 15 is 0 Å². The van der Waals surface area contributed by atoms with Crippen LogP contribution in [0.3, 0.4) is 0 Å². The van der Waals surface area contributed by atoms with Gasteiger partial charge in [-0.2, -0.15) is 0 Å². The summed E-state index contributed by atoms with van der Waals surface area (Å²) in [6, 6.07) is 2.89. The van der Waals surface area contributed by atoms with E-state index < -0.39 is 23.6 Å². The SMILES string of the molecule is O=C(O)CCC1CNNC1c1cc(F)ccc1F. The highest BCUT2D eigenvalue weighted by molar-refractivity contribution is 5.66. The Morgan fingerprint density at radius 2 is 2.22 bits per heavy atom. The lowest BCUT2D eigenvalue weighted by Crippen LogP contribution is -2.25. The lowest BCUT2D eigenvalue weighted by molar-refractivity contribution is -0.137. The lowest BCUT2D eigenvalue weighted by Gasteiger charge is -2.18. The number of benzene rings is 1. The Balaban J connectivity index is 2.15. The van der Waals surface area contributed by atoms with E-state index in [0.717, 1.165) is 18.2 Å². The average Bonchev–Trinajstić information content (AvgIpc) is 2.77. The van der Waals surface area contributed by atoms with Crippen LogP contribution in [0.4, 0.5) is 8.78 Å². The van der Waals surface area contributed by atoms with Crippen LogP contribution in [0.5, 0.6) is 0 Å². The molecule has 1 fully saturated rings. The van der Waals surface area contributed by atoms with Crippen LogP contribution < -0.4 is 10.9 Å². The van der Waals surface area contributed by atoms with Crippen LogP contribution in [0.25, 0.3) is 0 Å². The summed E-state index contributed by atoms with van der Waals surface area (Å²) in [6.07, 6.45) is 0.428. The van der Waals surface area contributed by atoms with Gasteiger partial charge in [0.25, 0.3) is 0 Å². The van der Waals surface area contributed by atoms with Crippen LogP contribution in [0.15, 0.2) is 18.2 Å². The van der Waals surface area contributed by atoms with E-state index in [0.29, 0.717) is 13.0 Å². The van der Waals surface area contributed by atoms with E-state index in [9.17, 15) is 13.6 Å². The summed E-state index contributed by atoms with van der Waals surface area (Å²) in [7, 11) is 0. The van der Waals surface area contributed by atoms with Gasteiger partial charge in [-0.15, -0.1) is 0 Å². The maximum Gasteiger partial charge on any atom is 0.303 e. The van der Waals surface area contributed by atoms with Crippen molar-refractivity contribution in [3.8, 4) is 0 Å². The van der Waals surface area contributed by atoms with Gasteiger partial charge in [-0.1, -0.05) is 0 Å². The molecular weight excluding hydrogens is 242 g/mol. The van der Waals surface area contributed by atoms with E-state index in [4.69, 9.17) is 5.11 Å². The van der Waals surface area contributed by atoms with Gasteiger partial charge in [-0.25, -0.2) is 14.2 Å². The molecule has 98 valence electrons. The molecular formula is C12H14F2N2O2. The number of halogens is 2. The fourth-order valence-electron chi connectivity index (χ4n) is 2.20. The second-order valence-corrected chi connectivity index (χ2v) is 4.36. The first kappa shape index (κ1) is 12.9. The predicted molar refractivity (Wildman–Crippen MR) is 60.6 cm³/mol. The van der Waals surface area contributed by atoms with Crippen molar-refractivity contribution >= 4 is 5.97 Å². The summed E-state index contributed by atoms with van der Waals surface area (Å²) >= 11 is 0. The predicted octanol–water partition coefficient (Wildman–Crippen LogP) is 1.59. The van der Waals surface area contributed by atoms with Gasteiger partial charge in [-0.3, -0.25) is 10.2 Å². The van der Waals surface area contributed by atoms with Gasteiger partial charge in [0.2, 0.25) is 0 Å². The molecule has 0 saturated carbocycles. The summed E-state index contributed by atoms with van der Waals surface area (Å²) in [5, 5.41) is 8.65. The largest absolute Gasteiger partial charge is 0.481 e. The van der Waals surface area contributed by atoms with Crippen molar-refractivity contribution in [1.82, 2.24) is 10.9 Å². The second kappa shape index (κ2) is 5.41. The van der Waals surface area contributed by atoms with Crippen molar-refractivity contribution in [2.24, 2.45) is 5.92 Å². The highest BCUT2D eigenvalue weighted by Crippen LogP contribution is 2.30. The Labute approximate surface area is 103 Å². The number of hydrogen-bond acceptors (Lipinski definition) is 3. The summed E-state index contributed by atoms with van der Waals surface area (Å²) < 4.78 is 26.8. The van der Waals surface area contributed by atoms with Crippen molar-refractivity contribution in [2.75, 3.05) is 6.54 Å². The summed E-state index contributed by atoms with van der Waals surface area (Å²) in [6.45, 7) is 0.536. The van der Waals surface area contributed by atoms with Crippen LogP contribution in [-0.2, 0) is 4.79 Å². The monoisotopic (exact) mass is 256 g/mol. The first-order chi connectivity index (χ1) is 8.58. The van der Waals surface area contributed by atoms with Crippen molar-refractivity contribution in [3.63, 3.8) is 0 Å². The summed E-state index contributed by atoms with van der Waals surface area (Å²) in [5.74, 6) is -1.95. The lowest BCUT2D eigenvalue weighted by atomic mass is 9.91. The molecule has 0 bridgehead atoms. The first-order valence-corrected chi connectivity index (χ1v) is 5.73. The van der Waals surface area contributed by atoms with Gasteiger partial charge in [0.1, 0.15) is 11.6 Å². The molecule has 2 rings (SSSR count). The fourth-order valence-corrected chi connectivity index (χ4v) is 2.20. The molecule has 18 heavy (non-hydrogen) atoms. The van der Waals surface area contributed by atoms with Crippen molar-refractivity contribution in [3.05, 3.63) is 35.4 Å². The number of nitrogens with one attached hydrogen (secondary N) is 2. The Morgan fingerprint density at radius 3 is 2.94 bits per heavy atom. The van der Waals surface area contributed by atoms with Crippen molar-refractivity contribution in [1.29, 1.82) is 0 Å². The first-order valence-electron chi connectivity index (χ1n) is 5.73. The van der Waals surface area contributed by atoms with Crippen molar-refractivity contribution in [2.45, 2.75) is 18.9 Å². The molecule has 1 saturated heterocycles. The summed E-state index contributed by atoms with van der Waals surface area (Å²) in [4.78, 5) is 10.5. The third kappa shape index (κ3) is 2.83. The van der Waals surface area contributed by atoms with Crippen LogP contribution in [0.1, 0.15) is 24.4 Å². The van der Waals surface area contributed by atoms with E-state index in [1.54, 1.807) is 0 Å². The van der Waals surface area contributed by atoms with Gasteiger partial charge in [0, 0.05) is 18.5 Å². The topological polar surface area (TPSA) is 61.4 Å². The molecule has 2 atom stereocenters. The minimum Gasteiger partial charge on any atom is -0.481 e. The number of aliphatic carboxylic acids is 1. The zero-order valence-electron chi connectivity index (χ0n) is 9.62. The zero-order valence-corrected chi connectivity index (χ0v) is 9.62. The van der Waals surface area contributed by atoms with Crippen LogP contribution in [-0.4, -0.2) is 17.6 Å². The zero-order chi connectivity index (χ0) is 13.1. The van der Waals surface area contributed by atoms with Gasteiger partial charge >= 0.3 is 5.97 Å². The van der Waals surface area contributed by atoms with Gasteiger partial charge in [0.15, 0.2) is 0 Å².